The van der Waals surface area contributed by atoms with Gasteiger partial charge in [0.05, 0.1) is 24.5 Å². The van der Waals surface area contributed by atoms with Crippen LogP contribution in [0.25, 0.3) is 0 Å². The average Bonchev–Trinajstić information content (AvgIpc) is 2.53. The van der Waals surface area contributed by atoms with E-state index < -0.39 is 23.7 Å². The molecule has 1 aliphatic heterocycles. The molecule has 0 aromatic heterocycles. The number of ether oxygens (including phenoxy) is 1. The van der Waals surface area contributed by atoms with Gasteiger partial charge < -0.3 is 25.4 Å². The average molecular weight is 353 g/mol. The number of nitrogens with zero attached hydrogens (tertiary/aromatic N) is 1. The summed E-state index contributed by atoms with van der Waals surface area (Å²) >= 11 is 0. The maximum absolute atomic E-state index is 14.4. The van der Waals surface area contributed by atoms with Gasteiger partial charge >= 0.3 is 11.8 Å². The van der Waals surface area contributed by atoms with Crippen molar-refractivity contribution in [3.63, 3.8) is 0 Å². The van der Waals surface area contributed by atoms with Gasteiger partial charge in [0, 0.05) is 24.8 Å². The van der Waals surface area contributed by atoms with Crippen molar-refractivity contribution in [2.75, 3.05) is 29.9 Å². The molecule has 25 heavy (non-hydrogen) atoms. The van der Waals surface area contributed by atoms with Crippen molar-refractivity contribution in [3.05, 3.63) is 24.0 Å². The largest absolute Gasteiger partial charge is 0.394 e. The molecule has 138 valence electrons. The normalized spacial score (nSPS) is 21.6. The minimum absolute atomic E-state index is 0.000241. The Morgan fingerprint density at radius 3 is 2.52 bits per heavy atom. The lowest BCUT2D eigenvalue weighted by Crippen LogP contribution is -2.45. The number of carbonyl (C=O) groups is 2. The number of aliphatic hydroxyl groups excluding tert-OH is 1. The fraction of sp³-hybridized carbons (Fsp3) is 0.529. The Morgan fingerprint density at radius 1 is 1.32 bits per heavy atom. The molecule has 0 spiro atoms. The van der Waals surface area contributed by atoms with Gasteiger partial charge in [-0.05, 0) is 39.0 Å². The molecule has 1 heterocycles. The van der Waals surface area contributed by atoms with Crippen LogP contribution < -0.4 is 15.5 Å². The van der Waals surface area contributed by atoms with Gasteiger partial charge in [-0.2, -0.15) is 0 Å². The molecule has 1 saturated heterocycles. The van der Waals surface area contributed by atoms with Gasteiger partial charge in [-0.3, -0.25) is 9.59 Å². The minimum Gasteiger partial charge on any atom is -0.394 e. The number of morpholine rings is 1. The van der Waals surface area contributed by atoms with Crippen molar-refractivity contribution < 1.29 is 23.8 Å². The van der Waals surface area contributed by atoms with Gasteiger partial charge in [0.2, 0.25) is 0 Å². The Balaban J connectivity index is 2.04. The summed E-state index contributed by atoms with van der Waals surface area (Å²) in [6.45, 7) is 6.30. The molecule has 2 amide bonds. The molecule has 0 aliphatic carbocycles. The van der Waals surface area contributed by atoms with Crippen molar-refractivity contribution >= 4 is 23.2 Å². The van der Waals surface area contributed by atoms with Gasteiger partial charge in [0.1, 0.15) is 5.82 Å². The van der Waals surface area contributed by atoms with Crippen molar-refractivity contribution in [1.82, 2.24) is 5.32 Å². The second-order valence-corrected chi connectivity index (χ2v) is 6.34. The molecule has 7 nitrogen and oxygen atoms in total. The van der Waals surface area contributed by atoms with E-state index in [9.17, 15) is 14.0 Å². The van der Waals surface area contributed by atoms with E-state index in [1.165, 1.54) is 6.07 Å². The van der Waals surface area contributed by atoms with Gasteiger partial charge in [0.15, 0.2) is 0 Å². The molecule has 1 fully saturated rings. The Labute approximate surface area is 146 Å². The molecule has 2 rings (SSSR count). The fourth-order valence-corrected chi connectivity index (χ4v) is 2.74. The van der Waals surface area contributed by atoms with Crippen LogP contribution in [0.4, 0.5) is 15.8 Å². The maximum atomic E-state index is 14.4. The minimum atomic E-state index is -0.916. The number of aliphatic hydroxyl groups is 1. The van der Waals surface area contributed by atoms with Crippen LogP contribution in [0.5, 0.6) is 0 Å². The first-order chi connectivity index (χ1) is 11.8. The summed E-state index contributed by atoms with van der Waals surface area (Å²) in [5.74, 6) is -2.29. The Kier molecular flexibility index (Phi) is 6.33. The second kappa shape index (κ2) is 8.26. The molecule has 8 heteroatoms. The van der Waals surface area contributed by atoms with Crippen molar-refractivity contribution in [1.29, 1.82) is 0 Å². The molecule has 3 N–H and O–H groups in total. The van der Waals surface area contributed by atoms with E-state index >= 15 is 0 Å². The van der Waals surface area contributed by atoms with Gasteiger partial charge in [-0.25, -0.2) is 4.39 Å². The van der Waals surface area contributed by atoms with E-state index in [0.717, 1.165) is 0 Å². The summed E-state index contributed by atoms with van der Waals surface area (Å²) in [4.78, 5) is 25.3. The summed E-state index contributed by atoms with van der Waals surface area (Å²) < 4.78 is 20.1. The van der Waals surface area contributed by atoms with Crippen LogP contribution in [0.2, 0.25) is 0 Å². The SMILES string of the molecule is C[C@@H]1CN(c2ccc(NC(=O)C(=O)N[C@@H](C)CO)cc2F)C[C@H](C)O1. The Morgan fingerprint density at radius 2 is 1.96 bits per heavy atom. The van der Waals surface area contributed by atoms with E-state index in [0.29, 0.717) is 18.8 Å². The third-order valence-corrected chi connectivity index (χ3v) is 3.82. The van der Waals surface area contributed by atoms with Gasteiger partial charge in [-0.1, -0.05) is 0 Å². The zero-order valence-corrected chi connectivity index (χ0v) is 14.6. The van der Waals surface area contributed by atoms with Crippen LogP contribution in [-0.4, -0.2) is 54.9 Å². The second-order valence-electron chi connectivity index (χ2n) is 6.34. The highest BCUT2D eigenvalue weighted by Crippen LogP contribution is 2.26. The highest BCUT2D eigenvalue weighted by molar-refractivity contribution is 6.39. The predicted octanol–water partition coefficient (Wildman–Crippen LogP) is 0.875. The number of anilines is 2. The van der Waals surface area contributed by atoms with Gasteiger partial charge in [-0.15, -0.1) is 0 Å². The predicted molar refractivity (Wildman–Crippen MR) is 91.9 cm³/mol. The van der Waals surface area contributed by atoms with E-state index in [1.54, 1.807) is 19.1 Å². The van der Waals surface area contributed by atoms with Gasteiger partial charge in [0.25, 0.3) is 0 Å². The molecular formula is C17H24FN3O4. The number of carbonyl (C=O) groups excluding carboxylic acids is 2. The first-order valence-electron chi connectivity index (χ1n) is 8.22. The highest BCUT2D eigenvalue weighted by Gasteiger charge is 2.24. The van der Waals surface area contributed by atoms with Crippen LogP contribution in [-0.2, 0) is 14.3 Å². The van der Waals surface area contributed by atoms with E-state index in [2.05, 4.69) is 10.6 Å². The fourth-order valence-electron chi connectivity index (χ4n) is 2.74. The smallest absolute Gasteiger partial charge is 0.313 e. The monoisotopic (exact) mass is 353 g/mol. The van der Waals surface area contributed by atoms with Crippen LogP contribution in [0.3, 0.4) is 0 Å². The van der Waals surface area contributed by atoms with Crippen LogP contribution >= 0.6 is 0 Å². The third-order valence-electron chi connectivity index (χ3n) is 3.82. The number of amides is 2. The molecule has 1 aromatic carbocycles. The molecule has 0 unspecified atom stereocenters. The lowest BCUT2D eigenvalue weighted by Gasteiger charge is -2.37. The molecule has 3 atom stereocenters. The number of hydrogen-bond donors (Lipinski definition) is 3. The molecule has 1 aromatic rings. The summed E-state index contributed by atoms with van der Waals surface area (Å²) in [5, 5.41) is 13.5. The van der Waals surface area contributed by atoms with Crippen LogP contribution in [0.1, 0.15) is 20.8 Å². The molecule has 0 radical (unpaired) electrons. The molecule has 0 saturated carbocycles. The Bertz CT molecular complexity index is 630. The number of halogens is 1. The number of benzene rings is 1. The quantitative estimate of drug-likeness (QED) is 0.699. The molecular weight excluding hydrogens is 329 g/mol. The lowest BCUT2D eigenvalue weighted by molar-refractivity contribution is -0.136. The topological polar surface area (TPSA) is 90.9 Å². The zero-order valence-electron chi connectivity index (χ0n) is 14.6. The van der Waals surface area contributed by atoms with E-state index in [4.69, 9.17) is 9.84 Å². The van der Waals surface area contributed by atoms with Crippen LogP contribution in [0, 0.1) is 5.82 Å². The maximum Gasteiger partial charge on any atom is 0.313 e. The standard InChI is InChI=1S/C17H24FN3O4/c1-10(9-22)19-16(23)17(24)20-13-4-5-15(14(18)6-13)21-7-11(2)25-12(3)8-21/h4-6,10-12,22H,7-9H2,1-3H3,(H,19,23)(H,20,24)/t10-,11-,12+/m0/s1. The summed E-state index contributed by atoms with van der Waals surface area (Å²) in [7, 11) is 0. The van der Waals surface area contributed by atoms with E-state index in [1.807, 2.05) is 18.7 Å². The van der Waals surface area contributed by atoms with Crippen molar-refractivity contribution in [3.8, 4) is 0 Å². The summed E-state index contributed by atoms with van der Waals surface area (Å²) in [5.41, 5.74) is 0.616. The summed E-state index contributed by atoms with van der Waals surface area (Å²) in [6.07, 6.45) is -0.000482. The van der Waals surface area contributed by atoms with Crippen molar-refractivity contribution in [2.24, 2.45) is 0 Å². The zero-order chi connectivity index (χ0) is 18.6. The number of nitrogens with one attached hydrogen (secondary N) is 2. The Hall–Kier alpha value is -2.19. The van der Waals surface area contributed by atoms with Crippen LogP contribution in [0.15, 0.2) is 18.2 Å². The number of rotatable bonds is 4. The third kappa shape index (κ3) is 5.14. The first kappa shape index (κ1) is 19.1. The van der Waals surface area contributed by atoms with Crippen molar-refractivity contribution in [2.45, 2.75) is 39.0 Å². The molecule has 1 aliphatic rings. The summed E-state index contributed by atoms with van der Waals surface area (Å²) in [6, 6.07) is 3.76. The lowest BCUT2D eigenvalue weighted by atomic mass is 10.2. The highest BCUT2D eigenvalue weighted by atomic mass is 19.1. The van der Waals surface area contributed by atoms with E-state index in [-0.39, 0.29) is 24.5 Å². The molecule has 0 bridgehead atoms. The first-order valence-corrected chi connectivity index (χ1v) is 8.22. The number of hydrogen-bond acceptors (Lipinski definition) is 5.